The molecule has 112 valence electrons. The van der Waals surface area contributed by atoms with Crippen LogP contribution < -0.4 is 13.7 Å². The van der Waals surface area contributed by atoms with Gasteiger partial charge in [0.15, 0.2) is 11.6 Å². The van der Waals surface area contributed by atoms with Gasteiger partial charge in [-0.3, -0.25) is 0 Å². The molecule has 0 aromatic heterocycles. The Hall–Kier alpha value is -2.28. The fraction of sp³-hybridized carbons (Fsp3) is 0.143. The van der Waals surface area contributed by atoms with Crippen LogP contribution in [0.4, 0.5) is 4.39 Å². The van der Waals surface area contributed by atoms with Gasteiger partial charge in [0, 0.05) is 0 Å². The predicted molar refractivity (Wildman–Crippen MR) is 73.8 cm³/mol. The standard InChI is InChI=1S/C14H13FO5S/c1-18-10-3-5-11(6-4-10)20-21(16,17)12-7-8-14(19-2)13(15)9-12/h3-9H,1-2H3. The monoisotopic (exact) mass is 312 g/mol. The summed E-state index contributed by atoms with van der Waals surface area (Å²) in [5, 5.41) is 0. The summed E-state index contributed by atoms with van der Waals surface area (Å²) >= 11 is 0. The van der Waals surface area contributed by atoms with E-state index in [9.17, 15) is 12.8 Å². The molecular formula is C14H13FO5S. The van der Waals surface area contributed by atoms with E-state index in [0.29, 0.717) is 5.75 Å². The van der Waals surface area contributed by atoms with Crippen LogP contribution >= 0.6 is 0 Å². The maximum absolute atomic E-state index is 13.6. The largest absolute Gasteiger partial charge is 0.497 e. The van der Waals surface area contributed by atoms with E-state index in [2.05, 4.69) is 0 Å². The van der Waals surface area contributed by atoms with Gasteiger partial charge in [0.2, 0.25) is 0 Å². The van der Waals surface area contributed by atoms with Gasteiger partial charge in [-0.05, 0) is 42.5 Å². The molecule has 0 radical (unpaired) electrons. The Kier molecular flexibility index (Phi) is 4.32. The Morgan fingerprint density at radius 1 is 0.905 bits per heavy atom. The highest BCUT2D eigenvalue weighted by molar-refractivity contribution is 7.87. The average Bonchev–Trinajstić information content (AvgIpc) is 2.47. The minimum atomic E-state index is -4.12. The van der Waals surface area contributed by atoms with Crippen LogP contribution in [0, 0.1) is 5.82 Å². The van der Waals surface area contributed by atoms with Crippen LogP contribution in [0.1, 0.15) is 0 Å². The van der Waals surface area contributed by atoms with Gasteiger partial charge in [-0.1, -0.05) is 0 Å². The number of rotatable bonds is 5. The van der Waals surface area contributed by atoms with Crippen LogP contribution in [0.2, 0.25) is 0 Å². The zero-order chi connectivity index (χ0) is 15.5. The summed E-state index contributed by atoms with van der Waals surface area (Å²) in [6.07, 6.45) is 0. The van der Waals surface area contributed by atoms with Crippen molar-refractivity contribution in [3.05, 3.63) is 48.3 Å². The molecule has 0 heterocycles. The van der Waals surface area contributed by atoms with Gasteiger partial charge in [-0.2, -0.15) is 8.42 Å². The van der Waals surface area contributed by atoms with Crippen LogP contribution in [0.5, 0.6) is 17.2 Å². The molecule has 7 heteroatoms. The molecular weight excluding hydrogens is 299 g/mol. The third kappa shape index (κ3) is 3.43. The molecule has 0 aliphatic carbocycles. The van der Waals surface area contributed by atoms with Crippen LogP contribution in [0.3, 0.4) is 0 Å². The van der Waals surface area contributed by atoms with Gasteiger partial charge in [0.25, 0.3) is 0 Å². The molecule has 0 saturated heterocycles. The molecule has 0 fully saturated rings. The molecule has 5 nitrogen and oxygen atoms in total. The second-order valence-corrected chi connectivity index (χ2v) is 5.56. The molecule has 0 spiro atoms. The van der Waals surface area contributed by atoms with Gasteiger partial charge in [-0.25, -0.2) is 4.39 Å². The quantitative estimate of drug-likeness (QED) is 0.794. The lowest BCUT2D eigenvalue weighted by Crippen LogP contribution is -2.10. The molecule has 0 atom stereocenters. The van der Waals surface area contributed by atoms with E-state index in [4.69, 9.17) is 13.7 Å². The number of benzene rings is 2. The second kappa shape index (κ2) is 6.01. The van der Waals surface area contributed by atoms with E-state index < -0.39 is 15.9 Å². The summed E-state index contributed by atoms with van der Waals surface area (Å²) in [5.74, 6) is -0.155. The first-order valence-electron chi connectivity index (χ1n) is 5.88. The molecule has 21 heavy (non-hydrogen) atoms. The van der Waals surface area contributed by atoms with Crippen molar-refractivity contribution in [2.45, 2.75) is 4.90 Å². The van der Waals surface area contributed by atoms with Crippen LogP contribution in [-0.2, 0) is 10.1 Å². The molecule has 0 amide bonds. The topological polar surface area (TPSA) is 61.8 Å². The van der Waals surface area contributed by atoms with E-state index in [1.807, 2.05) is 0 Å². The van der Waals surface area contributed by atoms with E-state index in [1.54, 1.807) is 12.1 Å². The van der Waals surface area contributed by atoms with Crippen molar-refractivity contribution in [2.24, 2.45) is 0 Å². The predicted octanol–water partition coefficient (Wildman–Crippen LogP) is 2.61. The Morgan fingerprint density at radius 2 is 1.52 bits per heavy atom. The van der Waals surface area contributed by atoms with Gasteiger partial charge in [-0.15, -0.1) is 0 Å². The Balaban J connectivity index is 2.26. The number of halogens is 1. The highest BCUT2D eigenvalue weighted by Gasteiger charge is 2.19. The first-order chi connectivity index (χ1) is 9.96. The number of ether oxygens (including phenoxy) is 2. The van der Waals surface area contributed by atoms with Crippen molar-refractivity contribution in [3.63, 3.8) is 0 Å². The summed E-state index contributed by atoms with van der Waals surface area (Å²) in [6, 6.07) is 9.27. The van der Waals surface area contributed by atoms with Gasteiger partial charge in [0.05, 0.1) is 14.2 Å². The van der Waals surface area contributed by atoms with E-state index in [-0.39, 0.29) is 16.4 Å². The Morgan fingerprint density at radius 3 is 2.05 bits per heavy atom. The summed E-state index contributed by atoms with van der Waals surface area (Å²) in [4.78, 5) is -0.295. The SMILES string of the molecule is COc1ccc(OS(=O)(=O)c2ccc(OC)c(F)c2)cc1. The van der Waals surface area contributed by atoms with Crippen molar-refractivity contribution in [1.29, 1.82) is 0 Å². The fourth-order valence-corrected chi connectivity index (χ4v) is 2.55. The summed E-state index contributed by atoms with van der Waals surface area (Å²) in [7, 11) is -1.33. The second-order valence-electron chi connectivity index (χ2n) is 4.01. The van der Waals surface area contributed by atoms with Crippen molar-refractivity contribution < 1.29 is 26.5 Å². The van der Waals surface area contributed by atoms with Crippen molar-refractivity contribution in [1.82, 2.24) is 0 Å². The Bertz CT molecular complexity index is 726. The van der Waals surface area contributed by atoms with Crippen LogP contribution in [0.25, 0.3) is 0 Å². The number of hydrogen-bond donors (Lipinski definition) is 0. The highest BCUT2D eigenvalue weighted by atomic mass is 32.2. The highest BCUT2D eigenvalue weighted by Crippen LogP contribution is 2.24. The summed E-state index contributed by atoms with van der Waals surface area (Å²) in [6.45, 7) is 0. The maximum Gasteiger partial charge on any atom is 0.339 e. The molecule has 0 unspecified atom stereocenters. The lowest BCUT2D eigenvalue weighted by molar-refractivity contribution is 0.385. The average molecular weight is 312 g/mol. The zero-order valence-corrected chi connectivity index (χ0v) is 12.2. The van der Waals surface area contributed by atoms with E-state index in [0.717, 1.165) is 6.07 Å². The minimum Gasteiger partial charge on any atom is -0.497 e. The molecule has 0 aliphatic rings. The van der Waals surface area contributed by atoms with Gasteiger partial charge >= 0.3 is 10.1 Å². The van der Waals surface area contributed by atoms with Crippen molar-refractivity contribution in [2.75, 3.05) is 14.2 Å². The minimum absolute atomic E-state index is 0.0432. The fourth-order valence-electron chi connectivity index (χ4n) is 1.61. The van der Waals surface area contributed by atoms with E-state index >= 15 is 0 Å². The first kappa shape index (κ1) is 15.1. The number of hydrogen-bond acceptors (Lipinski definition) is 5. The summed E-state index contributed by atoms with van der Waals surface area (Å²) < 4.78 is 52.3. The lowest BCUT2D eigenvalue weighted by atomic mass is 10.3. The van der Waals surface area contributed by atoms with Crippen LogP contribution in [0.15, 0.2) is 47.4 Å². The zero-order valence-electron chi connectivity index (χ0n) is 11.4. The van der Waals surface area contributed by atoms with E-state index in [1.165, 1.54) is 38.5 Å². The lowest BCUT2D eigenvalue weighted by Gasteiger charge is -2.09. The molecule has 2 aromatic carbocycles. The molecule has 2 aromatic rings. The molecule has 0 N–H and O–H groups in total. The van der Waals surface area contributed by atoms with Crippen LogP contribution in [-0.4, -0.2) is 22.6 Å². The van der Waals surface area contributed by atoms with Crippen molar-refractivity contribution in [3.8, 4) is 17.2 Å². The Labute approximate surface area is 122 Å². The molecule has 0 saturated carbocycles. The normalized spacial score (nSPS) is 11.0. The molecule has 0 aliphatic heterocycles. The maximum atomic E-state index is 13.6. The number of methoxy groups -OCH3 is 2. The van der Waals surface area contributed by atoms with Gasteiger partial charge < -0.3 is 13.7 Å². The summed E-state index contributed by atoms with van der Waals surface area (Å²) in [5.41, 5.74) is 0. The third-order valence-corrected chi connectivity index (χ3v) is 3.92. The smallest absolute Gasteiger partial charge is 0.339 e. The van der Waals surface area contributed by atoms with Gasteiger partial charge in [0.1, 0.15) is 16.4 Å². The molecule has 2 rings (SSSR count). The third-order valence-electron chi connectivity index (χ3n) is 2.68. The first-order valence-corrected chi connectivity index (χ1v) is 7.29. The molecule has 0 bridgehead atoms. The van der Waals surface area contributed by atoms with Crippen molar-refractivity contribution >= 4 is 10.1 Å².